The molecule has 0 bridgehead atoms. The van der Waals surface area contributed by atoms with E-state index in [1.165, 1.54) is 0 Å². The van der Waals surface area contributed by atoms with Crippen molar-refractivity contribution in [3.8, 4) is 0 Å². The minimum Gasteiger partial charge on any atom is -0.383 e. The molecule has 0 atom stereocenters. The smallest absolute Gasteiger partial charge is 0.244 e. The van der Waals surface area contributed by atoms with E-state index in [4.69, 9.17) is 22.1 Å². The Hall–Kier alpha value is -1.79. The quantitative estimate of drug-likeness (QED) is 0.787. The van der Waals surface area contributed by atoms with Gasteiger partial charge < -0.3 is 15.8 Å². The number of halogens is 1. The topological polar surface area (TPSA) is 78.0 Å². The Kier molecular flexibility index (Phi) is 4.59. The van der Waals surface area contributed by atoms with Crippen LogP contribution in [0.1, 0.15) is 5.56 Å². The van der Waals surface area contributed by atoms with E-state index in [-0.39, 0.29) is 0 Å². The lowest BCUT2D eigenvalue weighted by Gasteiger charge is -2.03. The Morgan fingerprint density at radius 1 is 1.47 bits per heavy atom. The normalized spacial score (nSPS) is 10.6. The van der Waals surface area contributed by atoms with Crippen molar-refractivity contribution < 1.29 is 4.74 Å². The van der Waals surface area contributed by atoms with Crippen molar-refractivity contribution in [3.63, 3.8) is 0 Å². The van der Waals surface area contributed by atoms with Crippen LogP contribution in [0, 0.1) is 0 Å². The van der Waals surface area contributed by atoms with Crippen molar-refractivity contribution in [2.45, 2.75) is 6.54 Å². The molecule has 0 fully saturated rings. The average Bonchev–Trinajstić information content (AvgIpc) is 2.70. The molecule has 19 heavy (non-hydrogen) atoms. The molecule has 1 aromatic carbocycles. The van der Waals surface area contributed by atoms with Crippen molar-refractivity contribution in [2.24, 2.45) is 0 Å². The number of benzene rings is 1. The van der Waals surface area contributed by atoms with Crippen molar-refractivity contribution >= 4 is 23.5 Å². The molecule has 1 aromatic heterocycles. The summed E-state index contributed by atoms with van der Waals surface area (Å²) in [4.78, 5) is 4.13. The van der Waals surface area contributed by atoms with Gasteiger partial charge in [0.25, 0.3) is 0 Å². The van der Waals surface area contributed by atoms with Crippen LogP contribution in [-0.2, 0) is 11.3 Å². The first-order chi connectivity index (χ1) is 9.19. The molecule has 0 aliphatic heterocycles. The minimum atomic E-state index is 0.361. The number of nitrogens with two attached hydrogens (primary N) is 1. The van der Waals surface area contributed by atoms with Crippen molar-refractivity contribution in [1.29, 1.82) is 0 Å². The van der Waals surface area contributed by atoms with Crippen LogP contribution in [0.15, 0.2) is 24.3 Å². The highest BCUT2D eigenvalue weighted by Crippen LogP contribution is 2.13. The van der Waals surface area contributed by atoms with Gasteiger partial charge in [0.15, 0.2) is 0 Å². The summed E-state index contributed by atoms with van der Waals surface area (Å²) < 4.78 is 6.56. The zero-order valence-corrected chi connectivity index (χ0v) is 11.4. The second-order valence-corrected chi connectivity index (χ2v) is 4.44. The van der Waals surface area contributed by atoms with Crippen molar-refractivity contribution in [3.05, 3.63) is 34.9 Å². The third kappa shape index (κ3) is 3.84. The average molecular weight is 282 g/mol. The number of hydrogen-bond acceptors (Lipinski definition) is 5. The zero-order chi connectivity index (χ0) is 13.7. The maximum absolute atomic E-state index is 5.94. The summed E-state index contributed by atoms with van der Waals surface area (Å²) in [5.41, 5.74) is 6.84. The summed E-state index contributed by atoms with van der Waals surface area (Å²) in [6, 6.07) is 7.56. The standard InChI is InChI=1S/C12H16ClN5O/c1-19-6-5-15-12-16-11(14)18(17-12)8-9-3-2-4-10(13)7-9/h2-4,7H,5-6,8H2,1H3,(H3,14,15,16,17). The number of rotatable bonds is 6. The molecule has 6 nitrogen and oxygen atoms in total. The fourth-order valence-electron chi connectivity index (χ4n) is 1.62. The van der Waals surface area contributed by atoms with Gasteiger partial charge in [0.2, 0.25) is 11.9 Å². The summed E-state index contributed by atoms with van der Waals surface area (Å²) in [6.45, 7) is 1.76. The predicted molar refractivity (Wildman–Crippen MR) is 75.4 cm³/mol. The van der Waals surface area contributed by atoms with Gasteiger partial charge in [-0.3, -0.25) is 0 Å². The number of nitrogen functional groups attached to an aromatic ring is 1. The molecule has 0 aliphatic carbocycles. The Morgan fingerprint density at radius 2 is 2.32 bits per heavy atom. The molecular formula is C12H16ClN5O. The maximum Gasteiger partial charge on any atom is 0.244 e. The van der Waals surface area contributed by atoms with Gasteiger partial charge >= 0.3 is 0 Å². The summed E-state index contributed by atoms with van der Waals surface area (Å²) in [5, 5.41) is 8.00. The number of anilines is 2. The molecule has 0 unspecified atom stereocenters. The number of nitrogens with zero attached hydrogens (tertiary/aromatic N) is 3. The van der Waals surface area contributed by atoms with E-state index in [1.54, 1.807) is 11.8 Å². The van der Waals surface area contributed by atoms with E-state index in [0.29, 0.717) is 36.6 Å². The van der Waals surface area contributed by atoms with E-state index in [1.807, 2.05) is 24.3 Å². The first-order valence-corrected chi connectivity index (χ1v) is 6.24. The van der Waals surface area contributed by atoms with E-state index < -0.39 is 0 Å². The van der Waals surface area contributed by atoms with Gasteiger partial charge in [-0.2, -0.15) is 4.98 Å². The van der Waals surface area contributed by atoms with Gasteiger partial charge in [-0.1, -0.05) is 23.7 Å². The fourth-order valence-corrected chi connectivity index (χ4v) is 1.83. The molecule has 102 valence electrons. The van der Waals surface area contributed by atoms with Gasteiger partial charge in [-0.25, -0.2) is 4.68 Å². The number of hydrogen-bond donors (Lipinski definition) is 2. The molecule has 7 heteroatoms. The Labute approximate surface area is 116 Å². The van der Waals surface area contributed by atoms with Crippen LogP contribution in [0.2, 0.25) is 5.02 Å². The van der Waals surface area contributed by atoms with Crippen LogP contribution >= 0.6 is 11.6 Å². The molecule has 0 aliphatic rings. The first kappa shape index (κ1) is 13.6. The highest BCUT2D eigenvalue weighted by Gasteiger charge is 2.07. The van der Waals surface area contributed by atoms with Crippen LogP contribution in [0.3, 0.4) is 0 Å². The Morgan fingerprint density at radius 3 is 3.05 bits per heavy atom. The molecular weight excluding hydrogens is 266 g/mol. The van der Waals surface area contributed by atoms with Crippen LogP contribution < -0.4 is 11.1 Å². The lowest BCUT2D eigenvalue weighted by molar-refractivity contribution is 0.210. The van der Waals surface area contributed by atoms with E-state index in [9.17, 15) is 0 Å². The molecule has 3 N–H and O–H groups in total. The number of nitrogens with one attached hydrogen (secondary N) is 1. The Balaban J connectivity index is 2.04. The predicted octanol–water partition coefficient (Wildman–Crippen LogP) is 1.62. The van der Waals surface area contributed by atoms with Gasteiger partial charge in [0.05, 0.1) is 13.2 Å². The lowest BCUT2D eigenvalue weighted by atomic mass is 10.2. The summed E-state index contributed by atoms with van der Waals surface area (Å²) in [7, 11) is 1.64. The SMILES string of the molecule is COCCNc1nc(N)n(Cc2cccc(Cl)c2)n1. The second-order valence-electron chi connectivity index (χ2n) is 4.00. The van der Waals surface area contributed by atoms with Crippen molar-refractivity contribution in [2.75, 3.05) is 31.3 Å². The summed E-state index contributed by atoms with van der Waals surface area (Å²) in [6.07, 6.45) is 0. The highest BCUT2D eigenvalue weighted by molar-refractivity contribution is 6.30. The molecule has 0 spiro atoms. The monoisotopic (exact) mass is 281 g/mol. The molecule has 0 saturated heterocycles. The van der Waals surface area contributed by atoms with Crippen LogP contribution in [0.4, 0.5) is 11.9 Å². The molecule has 1 heterocycles. The number of aromatic nitrogens is 3. The number of methoxy groups -OCH3 is 1. The third-order valence-electron chi connectivity index (χ3n) is 2.51. The molecule has 0 saturated carbocycles. The third-order valence-corrected chi connectivity index (χ3v) is 2.75. The largest absolute Gasteiger partial charge is 0.383 e. The summed E-state index contributed by atoms with van der Waals surface area (Å²) >= 11 is 5.94. The molecule has 0 radical (unpaired) electrons. The maximum atomic E-state index is 5.94. The summed E-state index contributed by atoms with van der Waals surface area (Å²) in [5.74, 6) is 0.858. The molecule has 0 amide bonds. The zero-order valence-electron chi connectivity index (χ0n) is 10.6. The first-order valence-electron chi connectivity index (χ1n) is 5.86. The highest BCUT2D eigenvalue weighted by atomic mass is 35.5. The molecule has 2 rings (SSSR count). The van der Waals surface area contributed by atoms with Crippen LogP contribution in [-0.4, -0.2) is 35.0 Å². The van der Waals surface area contributed by atoms with Gasteiger partial charge in [-0.15, -0.1) is 5.10 Å². The minimum absolute atomic E-state index is 0.361. The van der Waals surface area contributed by atoms with E-state index in [2.05, 4.69) is 15.4 Å². The van der Waals surface area contributed by atoms with Crippen LogP contribution in [0.5, 0.6) is 0 Å². The Bertz CT molecular complexity index is 543. The van der Waals surface area contributed by atoms with Crippen LogP contribution in [0.25, 0.3) is 0 Å². The van der Waals surface area contributed by atoms with E-state index in [0.717, 1.165) is 5.56 Å². The number of ether oxygens (including phenoxy) is 1. The van der Waals surface area contributed by atoms with Crippen molar-refractivity contribution in [1.82, 2.24) is 14.8 Å². The van der Waals surface area contributed by atoms with Gasteiger partial charge in [-0.05, 0) is 17.7 Å². The fraction of sp³-hybridized carbons (Fsp3) is 0.333. The van der Waals surface area contributed by atoms with E-state index >= 15 is 0 Å². The molecule has 2 aromatic rings. The second kappa shape index (κ2) is 6.40. The van der Waals surface area contributed by atoms with Gasteiger partial charge in [0.1, 0.15) is 0 Å². The van der Waals surface area contributed by atoms with Gasteiger partial charge in [0, 0.05) is 18.7 Å². The lowest BCUT2D eigenvalue weighted by Crippen LogP contribution is -2.09.